The second-order valence-electron chi connectivity index (χ2n) is 2.35. The first kappa shape index (κ1) is 9.54. The summed E-state index contributed by atoms with van der Waals surface area (Å²) in [6.07, 6.45) is 0. The molecule has 0 aliphatic carbocycles. The quantitative estimate of drug-likeness (QED) is 0.407. The van der Waals surface area contributed by atoms with Crippen LogP contribution < -0.4 is 10.8 Å². The molecular weight excluding hydrogens is 194 g/mol. The van der Waals surface area contributed by atoms with Crippen LogP contribution in [0, 0.1) is 0 Å². The number of carboxylic acid groups (broad SMARTS) is 1. The fourth-order valence-corrected chi connectivity index (χ4v) is 1.03. The molecule has 5 heteroatoms. The third-order valence-electron chi connectivity index (χ3n) is 1.44. The Morgan fingerprint density at radius 3 is 2.46 bits per heavy atom. The maximum Gasteiger partial charge on any atom is 0.210 e. The first-order valence-corrected chi connectivity index (χ1v) is 3.71. The molecule has 0 heterocycles. The van der Waals surface area contributed by atoms with Crippen molar-refractivity contribution in [1.29, 1.82) is 0 Å². The van der Waals surface area contributed by atoms with Gasteiger partial charge in [-0.3, -0.25) is 4.79 Å². The number of Topliss-reactive ketones (excluding diaryl/α,β-unsaturated/α-hetero) is 1. The van der Waals surface area contributed by atoms with Gasteiger partial charge in [0.2, 0.25) is 5.78 Å². The van der Waals surface area contributed by atoms with Gasteiger partial charge in [-0.05, 0) is 18.2 Å². The molecule has 0 aliphatic rings. The van der Waals surface area contributed by atoms with Crippen molar-refractivity contribution in [2.24, 2.45) is 0 Å². The average molecular weight is 199 g/mol. The minimum absolute atomic E-state index is 0.0294. The van der Waals surface area contributed by atoms with E-state index in [1.165, 1.54) is 18.2 Å². The Hall–Kier alpha value is -1.55. The van der Waals surface area contributed by atoms with Crippen LogP contribution in [0.5, 0.6) is 0 Å². The van der Waals surface area contributed by atoms with Gasteiger partial charge in [-0.15, -0.1) is 0 Å². The Morgan fingerprint density at radius 1 is 1.38 bits per heavy atom. The number of carbonyl (C=O) groups is 2. The third kappa shape index (κ3) is 1.97. The van der Waals surface area contributed by atoms with Crippen LogP contribution in [0.3, 0.4) is 0 Å². The molecule has 13 heavy (non-hydrogen) atoms. The summed E-state index contributed by atoms with van der Waals surface area (Å²) in [5, 5.41) is 10.5. The van der Waals surface area contributed by atoms with Crippen molar-refractivity contribution in [3.8, 4) is 0 Å². The van der Waals surface area contributed by atoms with Crippen LogP contribution in [-0.4, -0.2) is 11.8 Å². The highest BCUT2D eigenvalue weighted by molar-refractivity contribution is 6.40. The number of rotatable bonds is 2. The molecule has 0 aliphatic heterocycles. The summed E-state index contributed by atoms with van der Waals surface area (Å²) in [6, 6.07) is 3.93. The van der Waals surface area contributed by atoms with Crippen LogP contribution in [0.1, 0.15) is 10.4 Å². The highest BCUT2D eigenvalue weighted by Gasteiger charge is 2.10. The zero-order valence-electron chi connectivity index (χ0n) is 6.41. The van der Waals surface area contributed by atoms with Gasteiger partial charge in [-0.1, -0.05) is 11.6 Å². The molecule has 0 aromatic heterocycles. The maximum absolute atomic E-state index is 10.9. The number of anilines is 1. The smallest absolute Gasteiger partial charge is 0.210 e. The second kappa shape index (κ2) is 3.45. The van der Waals surface area contributed by atoms with Gasteiger partial charge >= 0.3 is 0 Å². The van der Waals surface area contributed by atoms with Gasteiger partial charge < -0.3 is 15.6 Å². The summed E-state index contributed by atoms with van der Waals surface area (Å²) in [7, 11) is 0. The van der Waals surface area contributed by atoms with Crippen molar-refractivity contribution in [3.05, 3.63) is 28.8 Å². The van der Waals surface area contributed by atoms with E-state index in [4.69, 9.17) is 17.3 Å². The Morgan fingerprint density at radius 2 is 2.00 bits per heavy atom. The van der Waals surface area contributed by atoms with Crippen molar-refractivity contribution in [2.45, 2.75) is 0 Å². The number of aliphatic carboxylic acids is 1. The Bertz CT molecular complexity index is 376. The highest BCUT2D eigenvalue weighted by Crippen LogP contribution is 2.18. The van der Waals surface area contributed by atoms with E-state index in [-0.39, 0.29) is 11.3 Å². The van der Waals surface area contributed by atoms with E-state index in [2.05, 4.69) is 0 Å². The van der Waals surface area contributed by atoms with Gasteiger partial charge in [0.1, 0.15) is 5.97 Å². The number of halogens is 1. The zero-order valence-corrected chi connectivity index (χ0v) is 7.17. The summed E-state index contributed by atoms with van der Waals surface area (Å²) in [5.74, 6) is -2.93. The maximum atomic E-state index is 10.9. The first-order valence-electron chi connectivity index (χ1n) is 3.33. The predicted molar refractivity (Wildman–Crippen MR) is 45.2 cm³/mol. The molecule has 0 spiro atoms. The lowest BCUT2D eigenvalue weighted by molar-refractivity contribution is -0.296. The van der Waals surface area contributed by atoms with Gasteiger partial charge in [0.15, 0.2) is 0 Å². The minimum Gasteiger partial charge on any atom is -0.541 e. The fraction of sp³-hybridized carbons (Fsp3) is 0. The van der Waals surface area contributed by atoms with E-state index in [1.54, 1.807) is 0 Å². The lowest BCUT2D eigenvalue weighted by Gasteiger charge is -2.04. The Kier molecular flexibility index (Phi) is 2.53. The Balaban J connectivity index is 3.16. The third-order valence-corrected chi connectivity index (χ3v) is 1.68. The molecule has 1 aromatic carbocycles. The molecular formula is C8H5ClNO3-. The summed E-state index contributed by atoms with van der Waals surface area (Å²) in [6.45, 7) is 0. The van der Waals surface area contributed by atoms with Crippen LogP contribution >= 0.6 is 11.6 Å². The normalized spacial score (nSPS) is 9.62. The molecule has 0 radical (unpaired) electrons. The Labute approximate surface area is 78.9 Å². The number of benzene rings is 1. The summed E-state index contributed by atoms with van der Waals surface area (Å²) < 4.78 is 0. The van der Waals surface area contributed by atoms with Crippen molar-refractivity contribution in [2.75, 3.05) is 5.73 Å². The van der Waals surface area contributed by atoms with Crippen LogP contribution in [0.25, 0.3) is 0 Å². The van der Waals surface area contributed by atoms with Crippen LogP contribution in [0.4, 0.5) is 5.69 Å². The zero-order chi connectivity index (χ0) is 10.0. The summed E-state index contributed by atoms with van der Waals surface area (Å²) in [4.78, 5) is 21.1. The molecule has 68 valence electrons. The van der Waals surface area contributed by atoms with E-state index in [1.807, 2.05) is 0 Å². The van der Waals surface area contributed by atoms with Crippen molar-refractivity contribution in [1.82, 2.24) is 0 Å². The van der Waals surface area contributed by atoms with Gasteiger partial charge in [-0.25, -0.2) is 0 Å². The number of carbonyl (C=O) groups excluding carboxylic acids is 2. The summed E-state index contributed by atoms with van der Waals surface area (Å²) in [5.41, 5.74) is 5.29. The monoisotopic (exact) mass is 198 g/mol. The van der Waals surface area contributed by atoms with Gasteiger partial charge in [0.05, 0.1) is 0 Å². The molecule has 1 rings (SSSR count). The lowest BCUT2D eigenvalue weighted by Crippen LogP contribution is -2.32. The van der Waals surface area contributed by atoms with Crippen molar-refractivity contribution >= 4 is 29.0 Å². The molecule has 0 amide bonds. The SMILES string of the molecule is Nc1cc(Cl)ccc1C(=O)C(=O)[O-]. The second-order valence-corrected chi connectivity index (χ2v) is 2.78. The molecule has 0 atom stereocenters. The van der Waals surface area contributed by atoms with Crippen LogP contribution in [-0.2, 0) is 4.79 Å². The average Bonchev–Trinajstić information content (AvgIpc) is 2.03. The predicted octanol–water partition coefficient (Wildman–Crippen LogP) is -0.145. The molecule has 0 saturated carbocycles. The standard InChI is InChI=1S/C8H6ClNO3/c9-4-1-2-5(6(10)3-4)7(11)8(12)13/h1-3H,10H2,(H,12,13)/p-1. The molecule has 0 fully saturated rings. The lowest BCUT2D eigenvalue weighted by atomic mass is 10.1. The highest BCUT2D eigenvalue weighted by atomic mass is 35.5. The van der Waals surface area contributed by atoms with E-state index >= 15 is 0 Å². The number of hydrogen-bond acceptors (Lipinski definition) is 4. The topological polar surface area (TPSA) is 83.2 Å². The van der Waals surface area contributed by atoms with Crippen molar-refractivity contribution < 1.29 is 14.7 Å². The number of ketones is 1. The van der Waals surface area contributed by atoms with Gasteiger partial charge in [-0.2, -0.15) is 0 Å². The van der Waals surface area contributed by atoms with E-state index in [0.717, 1.165) is 0 Å². The first-order chi connectivity index (χ1) is 6.02. The van der Waals surface area contributed by atoms with Gasteiger partial charge in [0.25, 0.3) is 0 Å². The van der Waals surface area contributed by atoms with E-state index in [0.29, 0.717) is 5.02 Å². The largest absolute Gasteiger partial charge is 0.541 e. The van der Waals surface area contributed by atoms with Crippen molar-refractivity contribution in [3.63, 3.8) is 0 Å². The summed E-state index contributed by atoms with van der Waals surface area (Å²) >= 11 is 5.55. The molecule has 2 N–H and O–H groups in total. The molecule has 0 saturated heterocycles. The van der Waals surface area contributed by atoms with E-state index < -0.39 is 11.8 Å². The molecule has 0 bridgehead atoms. The van der Waals surface area contributed by atoms with Crippen LogP contribution in [0.2, 0.25) is 5.02 Å². The molecule has 1 aromatic rings. The number of nitrogen functional groups attached to an aromatic ring is 1. The van der Waals surface area contributed by atoms with Crippen LogP contribution in [0.15, 0.2) is 18.2 Å². The molecule has 4 nitrogen and oxygen atoms in total. The molecule has 0 unspecified atom stereocenters. The fourth-order valence-electron chi connectivity index (χ4n) is 0.850. The van der Waals surface area contributed by atoms with Gasteiger partial charge in [0, 0.05) is 16.3 Å². The number of nitrogens with two attached hydrogens (primary N) is 1. The minimum atomic E-state index is -1.78. The number of carboxylic acids is 1. The van der Waals surface area contributed by atoms with E-state index in [9.17, 15) is 14.7 Å². The number of hydrogen-bond donors (Lipinski definition) is 1.